The number of piperazine rings is 1. The van der Waals surface area contributed by atoms with E-state index in [0.717, 1.165) is 24.5 Å². The molecule has 0 aromatic carbocycles. The first-order valence-electron chi connectivity index (χ1n) is 8.65. The third-order valence-corrected chi connectivity index (χ3v) is 4.17. The van der Waals surface area contributed by atoms with Gasteiger partial charge in [0.25, 0.3) is 5.91 Å². The van der Waals surface area contributed by atoms with Gasteiger partial charge in [-0.05, 0) is 17.7 Å². The van der Waals surface area contributed by atoms with Crippen molar-refractivity contribution in [3.05, 3.63) is 47.7 Å². The molecular formula is C18H24N6O. The van der Waals surface area contributed by atoms with Gasteiger partial charge < -0.3 is 15.5 Å². The number of carbonyl (C=O) groups excluding carboxylic acids is 1. The van der Waals surface area contributed by atoms with Crippen molar-refractivity contribution in [3.63, 3.8) is 0 Å². The van der Waals surface area contributed by atoms with E-state index in [1.807, 2.05) is 30.9 Å². The number of aromatic nitrogens is 3. The molecular weight excluding hydrogens is 316 g/mol. The fraction of sp³-hybridized carbons (Fsp3) is 0.444. The van der Waals surface area contributed by atoms with Crippen LogP contribution in [-0.2, 0) is 6.54 Å². The highest BCUT2D eigenvalue weighted by Crippen LogP contribution is 2.19. The van der Waals surface area contributed by atoms with Gasteiger partial charge in [0, 0.05) is 57.2 Å². The van der Waals surface area contributed by atoms with Gasteiger partial charge in [-0.25, -0.2) is 9.97 Å². The number of carbonyl (C=O) groups is 1. The second-order valence-electron chi connectivity index (χ2n) is 6.40. The van der Waals surface area contributed by atoms with Crippen molar-refractivity contribution in [3.8, 4) is 0 Å². The van der Waals surface area contributed by atoms with Crippen LogP contribution in [0.2, 0.25) is 0 Å². The summed E-state index contributed by atoms with van der Waals surface area (Å²) in [4.78, 5) is 27.7. The number of rotatable bonds is 5. The minimum absolute atomic E-state index is 0.0194. The molecule has 2 aromatic rings. The second-order valence-corrected chi connectivity index (χ2v) is 6.40. The summed E-state index contributed by atoms with van der Waals surface area (Å²) >= 11 is 0. The van der Waals surface area contributed by atoms with Crippen LogP contribution in [0.4, 0.5) is 5.82 Å². The van der Waals surface area contributed by atoms with E-state index in [2.05, 4.69) is 25.6 Å². The fourth-order valence-corrected chi connectivity index (χ4v) is 2.69. The Morgan fingerprint density at radius 2 is 2.00 bits per heavy atom. The standard InChI is InChI=1S/C18H24N6O/c1-13(2)16-22-12-15(18(25)24-9-7-20-8-10-24)17(23-16)21-11-14-3-5-19-6-4-14/h3-6,12-13,20H,7-11H2,1-2H3,(H,21,22,23). The van der Waals surface area contributed by atoms with Crippen molar-refractivity contribution in [1.82, 2.24) is 25.2 Å². The molecule has 0 atom stereocenters. The normalized spacial score (nSPS) is 14.6. The zero-order valence-corrected chi connectivity index (χ0v) is 14.7. The van der Waals surface area contributed by atoms with E-state index < -0.39 is 0 Å². The third kappa shape index (κ3) is 4.30. The molecule has 3 heterocycles. The van der Waals surface area contributed by atoms with Gasteiger partial charge in [0.1, 0.15) is 17.2 Å². The van der Waals surface area contributed by atoms with Gasteiger partial charge in [-0.1, -0.05) is 13.8 Å². The molecule has 1 aliphatic heterocycles. The number of hydrogen-bond acceptors (Lipinski definition) is 6. The third-order valence-electron chi connectivity index (χ3n) is 4.17. The van der Waals surface area contributed by atoms with Gasteiger partial charge in [-0.3, -0.25) is 9.78 Å². The van der Waals surface area contributed by atoms with Crippen molar-refractivity contribution in [1.29, 1.82) is 0 Å². The molecule has 0 spiro atoms. The predicted octanol–water partition coefficient (Wildman–Crippen LogP) is 1.65. The number of pyridine rings is 1. The summed E-state index contributed by atoms with van der Waals surface area (Å²) in [5, 5.41) is 6.56. The van der Waals surface area contributed by atoms with E-state index in [4.69, 9.17) is 0 Å². The van der Waals surface area contributed by atoms with Crippen LogP contribution < -0.4 is 10.6 Å². The molecule has 1 fully saturated rings. The highest BCUT2D eigenvalue weighted by molar-refractivity contribution is 5.98. The van der Waals surface area contributed by atoms with Crippen molar-refractivity contribution in [2.75, 3.05) is 31.5 Å². The van der Waals surface area contributed by atoms with Gasteiger partial charge >= 0.3 is 0 Å². The molecule has 0 saturated carbocycles. The number of nitrogens with one attached hydrogen (secondary N) is 2. The van der Waals surface area contributed by atoms with Gasteiger partial charge in [0.05, 0.1) is 0 Å². The van der Waals surface area contributed by atoms with E-state index in [9.17, 15) is 4.79 Å². The number of anilines is 1. The van der Waals surface area contributed by atoms with Crippen LogP contribution >= 0.6 is 0 Å². The SMILES string of the molecule is CC(C)c1ncc(C(=O)N2CCNCC2)c(NCc2ccncc2)n1. The highest BCUT2D eigenvalue weighted by atomic mass is 16.2. The molecule has 0 aliphatic carbocycles. The van der Waals surface area contributed by atoms with Crippen molar-refractivity contribution in [2.24, 2.45) is 0 Å². The summed E-state index contributed by atoms with van der Waals surface area (Å²) in [7, 11) is 0. The van der Waals surface area contributed by atoms with Crippen LogP contribution in [0.25, 0.3) is 0 Å². The quantitative estimate of drug-likeness (QED) is 0.861. The Hall–Kier alpha value is -2.54. The molecule has 2 N–H and O–H groups in total. The summed E-state index contributed by atoms with van der Waals surface area (Å²) in [6, 6.07) is 3.88. The minimum Gasteiger partial charge on any atom is -0.365 e. The molecule has 7 nitrogen and oxygen atoms in total. The van der Waals surface area contributed by atoms with Crippen LogP contribution in [0.5, 0.6) is 0 Å². The van der Waals surface area contributed by atoms with Crippen LogP contribution in [0.1, 0.15) is 41.5 Å². The number of amides is 1. The molecule has 3 rings (SSSR count). The maximum atomic E-state index is 12.9. The van der Waals surface area contributed by atoms with Crippen molar-refractivity contribution in [2.45, 2.75) is 26.3 Å². The minimum atomic E-state index is -0.0194. The summed E-state index contributed by atoms with van der Waals surface area (Å²) < 4.78 is 0. The lowest BCUT2D eigenvalue weighted by Crippen LogP contribution is -2.46. The predicted molar refractivity (Wildman–Crippen MR) is 96.5 cm³/mol. The van der Waals surface area contributed by atoms with E-state index in [0.29, 0.717) is 31.0 Å². The fourth-order valence-electron chi connectivity index (χ4n) is 2.69. The lowest BCUT2D eigenvalue weighted by Gasteiger charge is -2.28. The monoisotopic (exact) mass is 340 g/mol. The largest absolute Gasteiger partial charge is 0.365 e. The van der Waals surface area contributed by atoms with Gasteiger partial charge in [-0.2, -0.15) is 0 Å². The van der Waals surface area contributed by atoms with Crippen LogP contribution in [-0.4, -0.2) is 51.9 Å². The molecule has 0 bridgehead atoms. The maximum absolute atomic E-state index is 12.9. The Balaban J connectivity index is 1.84. The van der Waals surface area contributed by atoms with Gasteiger partial charge in [0.2, 0.25) is 0 Å². The zero-order chi connectivity index (χ0) is 17.6. The first-order chi connectivity index (χ1) is 12.1. The maximum Gasteiger partial charge on any atom is 0.259 e. The van der Waals surface area contributed by atoms with Crippen LogP contribution in [0.3, 0.4) is 0 Å². The van der Waals surface area contributed by atoms with E-state index >= 15 is 0 Å². The van der Waals surface area contributed by atoms with Crippen LogP contribution in [0.15, 0.2) is 30.7 Å². The topological polar surface area (TPSA) is 83.0 Å². The Morgan fingerprint density at radius 3 is 2.68 bits per heavy atom. The van der Waals surface area contributed by atoms with Crippen LogP contribution in [0, 0.1) is 0 Å². The van der Waals surface area contributed by atoms with E-state index in [1.54, 1.807) is 18.6 Å². The Labute approximate surface area is 147 Å². The average Bonchev–Trinajstić information content (AvgIpc) is 2.67. The highest BCUT2D eigenvalue weighted by Gasteiger charge is 2.22. The molecule has 0 unspecified atom stereocenters. The van der Waals surface area contributed by atoms with Gasteiger partial charge in [0.15, 0.2) is 0 Å². The molecule has 1 amide bonds. The van der Waals surface area contributed by atoms with E-state index in [-0.39, 0.29) is 11.8 Å². The first-order valence-corrected chi connectivity index (χ1v) is 8.65. The first kappa shape index (κ1) is 17.3. The molecule has 7 heteroatoms. The smallest absolute Gasteiger partial charge is 0.259 e. The molecule has 0 radical (unpaired) electrons. The van der Waals surface area contributed by atoms with Gasteiger partial charge in [-0.15, -0.1) is 0 Å². The Kier molecular flexibility index (Phi) is 5.55. The summed E-state index contributed by atoms with van der Waals surface area (Å²) in [5.41, 5.74) is 1.61. The second kappa shape index (κ2) is 8.02. The molecule has 1 aliphatic rings. The summed E-state index contributed by atoms with van der Waals surface area (Å²) in [6.07, 6.45) is 5.16. The number of hydrogen-bond donors (Lipinski definition) is 2. The number of nitrogens with zero attached hydrogens (tertiary/aromatic N) is 4. The molecule has 1 saturated heterocycles. The summed E-state index contributed by atoms with van der Waals surface area (Å²) in [6.45, 7) is 7.70. The lowest BCUT2D eigenvalue weighted by atomic mass is 10.2. The van der Waals surface area contributed by atoms with E-state index in [1.165, 1.54) is 0 Å². The average molecular weight is 340 g/mol. The summed E-state index contributed by atoms with van der Waals surface area (Å²) in [5.74, 6) is 1.51. The lowest BCUT2D eigenvalue weighted by molar-refractivity contribution is 0.0736. The molecule has 132 valence electrons. The van der Waals surface area contributed by atoms with Crippen molar-refractivity contribution < 1.29 is 4.79 Å². The Bertz CT molecular complexity index is 713. The molecule has 2 aromatic heterocycles. The Morgan fingerprint density at radius 1 is 1.28 bits per heavy atom. The van der Waals surface area contributed by atoms with Crippen molar-refractivity contribution >= 4 is 11.7 Å². The zero-order valence-electron chi connectivity index (χ0n) is 14.7. The molecule has 25 heavy (non-hydrogen) atoms.